The van der Waals surface area contributed by atoms with Gasteiger partial charge >= 0.3 is 0 Å². The summed E-state index contributed by atoms with van der Waals surface area (Å²) in [5.74, 6) is 0.670. The molecule has 1 atom stereocenters. The molecule has 1 fully saturated rings. The summed E-state index contributed by atoms with van der Waals surface area (Å²) in [4.78, 5) is 6.92. The van der Waals surface area contributed by atoms with Crippen molar-refractivity contribution >= 4 is 22.4 Å². The van der Waals surface area contributed by atoms with Gasteiger partial charge in [0, 0.05) is 18.5 Å². The molecule has 0 saturated carbocycles. The van der Waals surface area contributed by atoms with E-state index in [1.165, 1.54) is 0 Å². The van der Waals surface area contributed by atoms with E-state index in [1.807, 2.05) is 45.2 Å². The van der Waals surface area contributed by atoms with Crippen molar-refractivity contribution < 1.29 is 5.11 Å². The third-order valence-corrected chi connectivity index (χ3v) is 5.85. The molecular formula is C23H26N6O. The van der Waals surface area contributed by atoms with Gasteiger partial charge in [-0.3, -0.25) is 4.98 Å². The first-order valence-electron chi connectivity index (χ1n) is 10.2. The molecule has 154 valence electrons. The molecule has 1 aliphatic heterocycles. The van der Waals surface area contributed by atoms with Gasteiger partial charge in [-0.25, -0.2) is 0 Å². The van der Waals surface area contributed by atoms with E-state index in [0.717, 1.165) is 53.8 Å². The normalized spacial score (nSPS) is 16.8. The van der Waals surface area contributed by atoms with Crippen LogP contribution in [0.15, 0.2) is 36.5 Å². The summed E-state index contributed by atoms with van der Waals surface area (Å²) in [6, 6.07) is 11.8. The SMILES string of the molecule is Cc1nnc(N[C@H](C)c2cccc(C#N)c2)c2cc(N3CCC(C)(O)CC3)cnc12. The molecule has 2 N–H and O–H groups in total. The molecule has 1 aromatic carbocycles. The molecule has 0 amide bonds. The van der Waals surface area contributed by atoms with Crippen LogP contribution >= 0.6 is 0 Å². The molecule has 0 spiro atoms. The molecule has 30 heavy (non-hydrogen) atoms. The van der Waals surface area contributed by atoms with E-state index >= 15 is 0 Å². The van der Waals surface area contributed by atoms with Gasteiger partial charge in [0.15, 0.2) is 5.82 Å². The fraction of sp³-hybridized carbons (Fsp3) is 0.391. The second kappa shape index (κ2) is 7.88. The van der Waals surface area contributed by atoms with Gasteiger partial charge in [-0.2, -0.15) is 10.4 Å². The molecule has 1 aliphatic rings. The number of aromatic nitrogens is 3. The number of piperidine rings is 1. The van der Waals surface area contributed by atoms with Gasteiger partial charge < -0.3 is 15.3 Å². The fourth-order valence-electron chi connectivity index (χ4n) is 3.84. The lowest BCUT2D eigenvalue weighted by atomic mass is 9.93. The molecule has 4 rings (SSSR count). The molecule has 7 nitrogen and oxygen atoms in total. The van der Waals surface area contributed by atoms with Crippen LogP contribution in [0.4, 0.5) is 11.5 Å². The smallest absolute Gasteiger partial charge is 0.158 e. The Balaban J connectivity index is 1.66. The van der Waals surface area contributed by atoms with E-state index in [-0.39, 0.29) is 6.04 Å². The van der Waals surface area contributed by atoms with Crippen LogP contribution in [0.25, 0.3) is 10.9 Å². The molecule has 7 heteroatoms. The maximum atomic E-state index is 10.2. The van der Waals surface area contributed by atoms with Crippen LogP contribution in [-0.2, 0) is 0 Å². The molecule has 0 radical (unpaired) electrons. The first-order chi connectivity index (χ1) is 14.4. The Bertz CT molecular complexity index is 1110. The number of nitriles is 1. The highest BCUT2D eigenvalue weighted by molar-refractivity contribution is 5.92. The van der Waals surface area contributed by atoms with E-state index < -0.39 is 5.60 Å². The molecule has 0 unspecified atom stereocenters. The number of hydrogen-bond acceptors (Lipinski definition) is 7. The van der Waals surface area contributed by atoms with Crippen LogP contribution in [-0.4, -0.2) is 39.0 Å². The number of anilines is 2. The maximum Gasteiger partial charge on any atom is 0.158 e. The summed E-state index contributed by atoms with van der Waals surface area (Å²) in [7, 11) is 0. The van der Waals surface area contributed by atoms with Crippen LogP contribution < -0.4 is 10.2 Å². The third-order valence-electron chi connectivity index (χ3n) is 5.85. The average molecular weight is 403 g/mol. The molecule has 1 saturated heterocycles. The average Bonchev–Trinajstić information content (AvgIpc) is 2.75. The minimum Gasteiger partial charge on any atom is -0.390 e. The molecule has 0 aliphatic carbocycles. The van der Waals surface area contributed by atoms with Crippen molar-refractivity contribution in [2.75, 3.05) is 23.3 Å². The molecule has 3 aromatic rings. The van der Waals surface area contributed by atoms with E-state index in [9.17, 15) is 10.4 Å². The topological polar surface area (TPSA) is 98.0 Å². The number of hydrogen-bond donors (Lipinski definition) is 2. The van der Waals surface area contributed by atoms with Crippen molar-refractivity contribution in [3.05, 3.63) is 53.3 Å². The van der Waals surface area contributed by atoms with Gasteiger partial charge in [0.2, 0.25) is 0 Å². The number of fused-ring (bicyclic) bond motifs is 1. The quantitative estimate of drug-likeness (QED) is 0.686. The molecular weight excluding hydrogens is 376 g/mol. The zero-order valence-corrected chi connectivity index (χ0v) is 17.6. The van der Waals surface area contributed by atoms with Crippen molar-refractivity contribution in [3.8, 4) is 6.07 Å². The van der Waals surface area contributed by atoms with E-state index in [2.05, 4.69) is 37.5 Å². The minimum atomic E-state index is -0.594. The molecule has 0 bridgehead atoms. The lowest BCUT2D eigenvalue weighted by molar-refractivity contribution is 0.0351. The van der Waals surface area contributed by atoms with E-state index in [1.54, 1.807) is 6.07 Å². The van der Waals surface area contributed by atoms with E-state index in [4.69, 9.17) is 0 Å². The number of nitrogens with zero attached hydrogens (tertiary/aromatic N) is 5. The van der Waals surface area contributed by atoms with Crippen LogP contribution in [0, 0.1) is 18.3 Å². The third kappa shape index (κ3) is 4.05. The highest BCUT2D eigenvalue weighted by Crippen LogP contribution is 2.31. The highest BCUT2D eigenvalue weighted by Gasteiger charge is 2.27. The van der Waals surface area contributed by atoms with Crippen LogP contribution in [0.1, 0.15) is 49.6 Å². The first kappa shape index (κ1) is 20.0. The minimum absolute atomic E-state index is 0.0488. The Morgan fingerprint density at radius 2 is 2.00 bits per heavy atom. The monoisotopic (exact) mass is 402 g/mol. The lowest BCUT2D eigenvalue weighted by Gasteiger charge is -2.37. The number of nitrogens with one attached hydrogen (secondary N) is 1. The zero-order chi connectivity index (χ0) is 21.3. The Hall–Kier alpha value is -3.24. The van der Waals surface area contributed by atoms with Crippen molar-refractivity contribution in [2.24, 2.45) is 0 Å². The number of benzene rings is 1. The lowest BCUT2D eigenvalue weighted by Crippen LogP contribution is -2.42. The number of rotatable bonds is 4. The molecule has 2 aromatic heterocycles. The van der Waals surface area contributed by atoms with Crippen molar-refractivity contribution in [1.29, 1.82) is 5.26 Å². The van der Waals surface area contributed by atoms with Gasteiger partial charge in [0.1, 0.15) is 0 Å². The second-order valence-electron chi connectivity index (χ2n) is 8.31. The van der Waals surface area contributed by atoms with Gasteiger partial charge in [-0.15, -0.1) is 5.10 Å². The van der Waals surface area contributed by atoms with Gasteiger partial charge in [0.25, 0.3) is 0 Å². The summed E-state index contributed by atoms with van der Waals surface area (Å²) in [6.45, 7) is 7.42. The predicted molar refractivity (Wildman–Crippen MR) is 117 cm³/mol. The van der Waals surface area contributed by atoms with Gasteiger partial charge in [-0.05, 0) is 57.4 Å². The first-order valence-corrected chi connectivity index (χ1v) is 10.2. The van der Waals surface area contributed by atoms with Gasteiger partial charge in [-0.1, -0.05) is 12.1 Å². The standard InChI is InChI=1S/C23H26N6O/c1-15(18-6-4-5-17(11-18)13-24)26-22-20-12-19(14-25-21(20)16(2)27-28-22)29-9-7-23(3,30)8-10-29/h4-6,11-12,14-15,30H,7-10H2,1-3H3,(H,26,28)/t15-/m1/s1. The Kier molecular flexibility index (Phi) is 5.27. The largest absolute Gasteiger partial charge is 0.390 e. The summed E-state index contributed by atoms with van der Waals surface area (Å²) in [6.07, 6.45) is 3.34. The van der Waals surface area contributed by atoms with E-state index in [0.29, 0.717) is 11.4 Å². The van der Waals surface area contributed by atoms with Crippen LogP contribution in [0.3, 0.4) is 0 Å². The van der Waals surface area contributed by atoms with Crippen LogP contribution in [0.5, 0.6) is 0 Å². The van der Waals surface area contributed by atoms with Gasteiger partial charge in [0.05, 0.1) is 46.4 Å². The number of aryl methyl sites for hydroxylation is 1. The summed E-state index contributed by atoms with van der Waals surface area (Å²) in [5.41, 5.74) is 3.66. The predicted octanol–water partition coefficient (Wildman–Crippen LogP) is 3.73. The summed E-state index contributed by atoms with van der Waals surface area (Å²) >= 11 is 0. The number of aliphatic hydroxyl groups is 1. The van der Waals surface area contributed by atoms with Crippen molar-refractivity contribution in [1.82, 2.24) is 15.2 Å². The highest BCUT2D eigenvalue weighted by atomic mass is 16.3. The second-order valence-corrected chi connectivity index (χ2v) is 8.31. The zero-order valence-electron chi connectivity index (χ0n) is 17.6. The Labute approximate surface area is 176 Å². The Morgan fingerprint density at radius 3 is 2.73 bits per heavy atom. The van der Waals surface area contributed by atoms with Crippen LogP contribution in [0.2, 0.25) is 0 Å². The molecule has 3 heterocycles. The summed E-state index contributed by atoms with van der Waals surface area (Å²) in [5, 5.41) is 32.4. The Morgan fingerprint density at radius 1 is 1.23 bits per heavy atom. The fourth-order valence-corrected chi connectivity index (χ4v) is 3.84. The number of pyridine rings is 1. The maximum absolute atomic E-state index is 10.2. The van der Waals surface area contributed by atoms with Crippen molar-refractivity contribution in [2.45, 2.75) is 45.3 Å². The summed E-state index contributed by atoms with van der Waals surface area (Å²) < 4.78 is 0. The van der Waals surface area contributed by atoms with Crippen molar-refractivity contribution in [3.63, 3.8) is 0 Å².